The molecule has 0 bridgehead atoms. The summed E-state index contributed by atoms with van der Waals surface area (Å²) in [7, 11) is 0. The first-order valence-electron chi connectivity index (χ1n) is 5.01. The summed E-state index contributed by atoms with van der Waals surface area (Å²) in [5.41, 5.74) is 5.76. The molecule has 0 radical (unpaired) electrons. The summed E-state index contributed by atoms with van der Waals surface area (Å²) in [4.78, 5) is 13.4. The van der Waals surface area contributed by atoms with Crippen molar-refractivity contribution < 1.29 is 4.79 Å². The van der Waals surface area contributed by atoms with Gasteiger partial charge in [-0.25, -0.2) is 0 Å². The number of nitrogens with zero attached hydrogens (tertiary/aromatic N) is 2. The largest absolute Gasteiger partial charge is 0.325 e. The van der Waals surface area contributed by atoms with Crippen LogP contribution >= 0.6 is 0 Å². The molecule has 4 heteroatoms. The molecule has 78 valence electrons. The van der Waals surface area contributed by atoms with Crippen molar-refractivity contribution in [2.75, 3.05) is 6.54 Å². The van der Waals surface area contributed by atoms with Crippen LogP contribution in [0.15, 0.2) is 0 Å². The van der Waals surface area contributed by atoms with Gasteiger partial charge in [0.25, 0.3) is 0 Å². The molecule has 1 saturated carbocycles. The number of hydrogen-bond donors (Lipinski definition) is 1. The highest BCUT2D eigenvalue weighted by molar-refractivity contribution is 5.82. The SMILES string of the molecule is CC(C)[C@H](N)C(=O)N(CC#N)C1CC1. The lowest BCUT2D eigenvalue weighted by atomic mass is 10.0. The molecule has 0 unspecified atom stereocenters. The summed E-state index contributed by atoms with van der Waals surface area (Å²) < 4.78 is 0. The Morgan fingerprint density at radius 2 is 2.21 bits per heavy atom. The van der Waals surface area contributed by atoms with Crippen LogP contribution < -0.4 is 5.73 Å². The fourth-order valence-electron chi connectivity index (χ4n) is 1.33. The Labute approximate surface area is 84.7 Å². The number of hydrogen-bond acceptors (Lipinski definition) is 3. The van der Waals surface area contributed by atoms with Crippen LogP contribution in [0.25, 0.3) is 0 Å². The van der Waals surface area contributed by atoms with E-state index in [1.165, 1.54) is 0 Å². The zero-order chi connectivity index (χ0) is 10.7. The Hall–Kier alpha value is -1.08. The Morgan fingerprint density at radius 1 is 1.64 bits per heavy atom. The minimum atomic E-state index is -0.469. The monoisotopic (exact) mass is 195 g/mol. The fourth-order valence-corrected chi connectivity index (χ4v) is 1.33. The third-order valence-electron chi connectivity index (χ3n) is 2.52. The van der Waals surface area contributed by atoms with E-state index >= 15 is 0 Å². The van der Waals surface area contributed by atoms with Crippen LogP contribution in [0, 0.1) is 17.2 Å². The normalized spacial score (nSPS) is 17.6. The van der Waals surface area contributed by atoms with Gasteiger partial charge in [-0.15, -0.1) is 0 Å². The molecule has 0 aromatic carbocycles. The van der Waals surface area contributed by atoms with Crippen LogP contribution in [0.3, 0.4) is 0 Å². The van der Waals surface area contributed by atoms with Crippen molar-refractivity contribution in [1.82, 2.24) is 4.90 Å². The molecule has 4 nitrogen and oxygen atoms in total. The maximum Gasteiger partial charge on any atom is 0.240 e. The fraction of sp³-hybridized carbons (Fsp3) is 0.800. The molecule has 1 fully saturated rings. The molecule has 0 spiro atoms. The van der Waals surface area contributed by atoms with Crippen LogP contribution in [0.2, 0.25) is 0 Å². The van der Waals surface area contributed by atoms with Crippen molar-refractivity contribution in [2.24, 2.45) is 11.7 Å². The van der Waals surface area contributed by atoms with Crippen LogP contribution in [0.5, 0.6) is 0 Å². The Bertz CT molecular complexity index is 253. The van der Waals surface area contributed by atoms with Gasteiger partial charge in [-0.05, 0) is 18.8 Å². The van der Waals surface area contributed by atoms with Gasteiger partial charge in [-0.1, -0.05) is 13.8 Å². The van der Waals surface area contributed by atoms with Gasteiger partial charge in [0.1, 0.15) is 6.54 Å². The molecule has 1 aliphatic carbocycles. The van der Waals surface area contributed by atoms with E-state index < -0.39 is 6.04 Å². The van der Waals surface area contributed by atoms with Gasteiger partial charge < -0.3 is 10.6 Å². The predicted octanol–water partition coefficient (Wildman–Crippen LogP) is 0.484. The molecule has 0 heterocycles. The molecule has 1 aliphatic rings. The lowest BCUT2D eigenvalue weighted by molar-refractivity contribution is -0.133. The summed E-state index contributed by atoms with van der Waals surface area (Å²) in [5.74, 6) is 0.0477. The van der Waals surface area contributed by atoms with Crippen molar-refractivity contribution in [3.8, 4) is 6.07 Å². The number of rotatable bonds is 4. The number of carbonyl (C=O) groups is 1. The van der Waals surface area contributed by atoms with Crippen molar-refractivity contribution in [2.45, 2.75) is 38.8 Å². The number of nitrogens with two attached hydrogens (primary N) is 1. The first-order chi connectivity index (χ1) is 6.57. The predicted molar refractivity (Wildman–Crippen MR) is 53.2 cm³/mol. The van der Waals surface area contributed by atoms with Crippen molar-refractivity contribution >= 4 is 5.91 Å². The van der Waals surface area contributed by atoms with Crippen LogP contribution in [-0.4, -0.2) is 29.4 Å². The quantitative estimate of drug-likeness (QED) is 0.663. The van der Waals surface area contributed by atoms with Crippen molar-refractivity contribution in [3.63, 3.8) is 0 Å². The molecular weight excluding hydrogens is 178 g/mol. The van der Waals surface area contributed by atoms with Gasteiger partial charge in [-0.2, -0.15) is 5.26 Å². The molecular formula is C10H17N3O. The van der Waals surface area contributed by atoms with Gasteiger partial charge in [0, 0.05) is 6.04 Å². The Morgan fingerprint density at radius 3 is 2.57 bits per heavy atom. The standard InChI is InChI=1S/C10H17N3O/c1-7(2)9(12)10(14)13(6-5-11)8-3-4-8/h7-9H,3-4,6,12H2,1-2H3/t9-/m0/s1. The van der Waals surface area contributed by atoms with Crippen LogP contribution in [-0.2, 0) is 4.79 Å². The third-order valence-corrected chi connectivity index (χ3v) is 2.52. The molecule has 0 aliphatic heterocycles. The minimum absolute atomic E-state index is 0.0796. The van der Waals surface area contributed by atoms with Gasteiger partial charge in [-0.3, -0.25) is 4.79 Å². The van der Waals surface area contributed by atoms with Gasteiger partial charge >= 0.3 is 0 Å². The zero-order valence-electron chi connectivity index (χ0n) is 8.73. The second-order valence-corrected chi connectivity index (χ2v) is 4.13. The third kappa shape index (κ3) is 2.46. The first-order valence-corrected chi connectivity index (χ1v) is 5.01. The maximum absolute atomic E-state index is 11.8. The van der Waals surface area contributed by atoms with Gasteiger partial charge in [0.05, 0.1) is 12.1 Å². The minimum Gasteiger partial charge on any atom is -0.325 e. The van der Waals surface area contributed by atoms with E-state index in [-0.39, 0.29) is 24.4 Å². The number of nitriles is 1. The second kappa shape index (κ2) is 4.43. The maximum atomic E-state index is 11.8. The lowest BCUT2D eigenvalue weighted by Crippen LogP contribution is -2.47. The second-order valence-electron chi connectivity index (χ2n) is 4.13. The lowest BCUT2D eigenvalue weighted by Gasteiger charge is -2.24. The molecule has 1 amide bonds. The topological polar surface area (TPSA) is 70.1 Å². The van der Waals surface area contributed by atoms with Crippen molar-refractivity contribution in [1.29, 1.82) is 5.26 Å². The van der Waals surface area contributed by atoms with E-state index in [1.54, 1.807) is 4.90 Å². The molecule has 0 aromatic heterocycles. The van der Waals surface area contributed by atoms with E-state index in [4.69, 9.17) is 11.0 Å². The molecule has 1 rings (SSSR count). The van der Waals surface area contributed by atoms with E-state index in [0.717, 1.165) is 12.8 Å². The summed E-state index contributed by atoms with van der Waals surface area (Å²) in [5, 5.41) is 8.60. The average Bonchev–Trinajstić information content (AvgIpc) is 2.95. The average molecular weight is 195 g/mol. The molecule has 0 aromatic rings. The number of carbonyl (C=O) groups excluding carboxylic acids is 1. The highest BCUT2D eigenvalue weighted by atomic mass is 16.2. The van der Waals surface area contributed by atoms with E-state index in [0.29, 0.717) is 0 Å². The zero-order valence-corrected chi connectivity index (χ0v) is 8.73. The Balaban J connectivity index is 2.59. The first kappa shape index (κ1) is 11.0. The van der Waals surface area contributed by atoms with E-state index in [2.05, 4.69) is 0 Å². The molecule has 14 heavy (non-hydrogen) atoms. The summed E-state index contributed by atoms with van der Waals surface area (Å²) in [6.45, 7) is 4.00. The van der Waals surface area contributed by atoms with Gasteiger partial charge in [0.2, 0.25) is 5.91 Å². The number of amides is 1. The Kier molecular flexibility index (Phi) is 3.48. The van der Waals surface area contributed by atoms with Crippen molar-refractivity contribution in [3.05, 3.63) is 0 Å². The molecule has 1 atom stereocenters. The summed E-state index contributed by atoms with van der Waals surface area (Å²) >= 11 is 0. The van der Waals surface area contributed by atoms with Crippen LogP contribution in [0.4, 0.5) is 0 Å². The molecule has 0 saturated heterocycles. The summed E-state index contributed by atoms with van der Waals surface area (Å²) in [6, 6.07) is 1.82. The highest BCUT2D eigenvalue weighted by Crippen LogP contribution is 2.27. The summed E-state index contributed by atoms with van der Waals surface area (Å²) in [6.07, 6.45) is 2.02. The molecule has 2 N–H and O–H groups in total. The smallest absolute Gasteiger partial charge is 0.240 e. The van der Waals surface area contributed by atoms with E-state index in [9.17, 15) is 4.79 Å². The highest BCUT2D eigenvalue weighted by Gasteiger charge is 2.35. The van der Waals surface area contributed by atoms with Gasteiger partial charge in [0.15, 0.2) is 0 Å². The van der Waals surface area contributed by atoms with Crippen LogP contribution in [0.1, 0.15) is 26.7 Å². The van der Waals surface area contributed by atoms with E-state index in [1.807, 2.05) is 19.9 Å².